The number of alkyl halides is 3. The quantitative estimate of drug-likeness (QED) is 0.452. The molecule has 3 aromatic rings. The van der Waals surface area contributed by atoms with Crippen LogP contribution < -0.4 is 4.90 Å². The molecule has 1 aliphatic rings. The zero-order valence-corrected chi connectivity index (χ0v) is 16.1. The van der Waals surface area contributed by atoms with Gasteiger partial charge >= 0.3 is 11.5 Å². The number of benzene rings is 1. The molecule has 0 atom stereocenters. The predicted molar refractivity (Wildman–Crippen MR) is 103 cm³/mol. The van der Waals surface area contributed by atoms with Crippen molar-refractivity contribution in [3.05, 3.63) is 66.6 Å². The number of carbonyl (C=O) groups excluding carboxylic acids is 2. The molecular weight excluding hydrogens is 419 g/mol. The summed E-state index contributed by atoms with van der Waals surface area (Å²) in [7, 11) is 0. The highest BCUT2D eigenvalue weighted by molar-refractivity contribution is 8.00. The van der Waals surface area contributed by atoms with Gasteiger partial charge in [-0.2, -0.15) is 18.3 Å². The Morgan fingerprint density at radius 1 is 1.07 bits per heavy atom. The molecule has 1 aromatic carbocycles. The molecule has 4 rings (SSSR count). The third-order valence-electron chi connectivity index (χ3n) is 4.29. The number of hydrogen-bond donors (Lipinski definition) is 0. The lowest BCUT2D eigenvalue weighted by Crippen LogP contribution is -2.32. The maximum Gasteiger partial charge on any atom is 0.446 e. The highest BCUT2D eigenvalue weighted by Gasteiger charge is 2.37. The average Bonchev–Trinajstić information content (AvgIpc) is 3.31. The minimum atomic E-state index is -4.41. The summed E-state index contributed by atoms with van der Waals surface area (Å²) in [4.78, 5) is 31.7. The molecule has 0 unspecified atom stereocenters. The van der Waals surface area contributed by atoms with E-state index < -0.39 is 17.4 Å². The summed E-state index contributed by atoms with van der Waals surface area (Å²) in [6.07, 6.45) is 4.94. The van der Waals surface area contributed by atoms with E-state index in [1.54, 1.807) is 41.5 Å². The summed E-state index contributed by atoms with van der Waals surface area (Å²) < 4.78 is 39.0. The highest BCUT2D eigenvalue weighted by atomic mass is 32.2. The monoisotopic (exact) mass is 433 g/mol. The Labute approximate surface area is 173 Å². The Hall–Kier alpha value is -3.34. The number of thioether (sulfide) groups is 1. The zero-order chi connectivity index (χ0) is 21.3. The Kier molecular flexibility index (Phi) is 5.20. The molecule has 2 aromatic heterocycles. The van der Waals surface area contributed by atoms with Crippen molar-refractivity contribution in [2.45, 2.75) is 16.9 Å². The molecule has 0 bridgehead atoms. The number of halogens is 3. The first-order chi connectivity index (χ1) is 14.3. The molecule has 1 aliphatic heterocycles. The number of imide groups is 1. The molecule has 11 heteroatoms. The van der Waals surface area contributed by atoms with E-state index in [0.717, 1.165) is 10.5 Å². The smallest absolute Gasteiger partial charge is 0.310 e. The van der Waals surface area contributed by atoms with E-state index in [1.807, 2.05) is 0 Å². The van der Waals surface area contributed by atoms with E-state index in [2.05, 4.69) is 10.1 Å². The summed E-state index contributed by atoms with van der Waals surface area (Å²) in [6.45, 7) is 0.0528. The van der Waals surface area contributed by atoms with Gasteiger partial charge in [-0.25, -0.2) is 19.4 Å². The van der Waals surface area contributed by atoms with E-state index in [4.69, 9.17) is 0 Å². The number of rotatable bonds is 5. The molecule has 7 nitrogen and oxygen atoms in total. The molecule has 0 N–H and O–H groups in total. The van der Waals surface area contributed by atoms with Crippen molar-refractivity contribution in [3.8, 4) is 5.82 Å². The minimum Gasteiger partial charge on any atom is -0.310 e. The van der Waals surface area contributed by atoms with Crippen LogP contribution in [-0.2, 0) is 11.3 Å². The van der Waals surface area contributed by atoms with Crippen LogP contribution in [0.25, 0.3) is 5.82 Å². The van der Waals surface area contributed by atoms with Crippen LogP contribution in [0.15, 0.2) is 66.0 Å². The maximum absolute atomic E-state index is 12.8. The molecule has 0 saturated carbocycles. The van der Waals surface area contributed by atoms with Gasteiger partial charge in [-0.15, -0.1) is 0 Å². The minimum absolute atomic E-state index is 0.0230. The summed E-state index contributed by atoms with van der Waals surface area (Å²) in [5.74, 6) is 0.127. The van der Waals surface area contributed by atoms with Gasteiger partial charge in [0.1, 0.15) is 6.54 Å². The van der Waals surface area contributed by atoms with Crippen LogP contribution in [0.3, 0.4) is 0 Å². The van der Waals surface area contributed by atoms with Gasteiger partial charge in [0.15, 0.2) is 5.82 Å². The topological polar surface area (TPSA) is 71.3 Å². The van der Waals surface area contributed by atoms with Crippen molar-refractivity contribution in [1.29, 1.82) is 0 Å². The van der Waals surface area contributed by atoms with Crippen LogP contribution in [0.5, 0.6) is 0 Å². The van der Waals surface area contributed by atoms with Gasteiger partial charge in [-0.1, -0.05) is 0 Å². The number of nitrogens with zero attached hydrogens (tertiary/aromatic N) is 5. The van der Waals surface area contributed by atoms with Gasteiger partial charge in [-0.05, 0) is 59.8 Å². The molecule has 1 fully saturated rings. The van der Waals surface area contributed by atoms with Crippen LogP contribution in [0, 0.1) is 0 Å². The second-order valence-electron chi connectivity index (χ2n) is 6.38. The second kappa shape index (κ2) is 7.82. The van der Waals surface area contributed by atoms with Crippen molar-refractivity contribution in [3.63, 3.8) is 0 Å². The van der Waals surface area contributed by atoms with Crippen molar-refractivity contribution in [2.24, 2.45) is 0 Å². The van der Waals surface area contributed by atoms with Gasteiger partial charge in [0.25, 0.3) is 5.91 Å². The van der Waals surface area contributed by atoms with Crippen LogP contribution >= 0.6 is 11.8 Å². The van der Waals surface area contributed by atoms with Crippen molar-refractivity contribution in [2.75, 3.05) is 11.4 Å². The fourth-order valence-electron chi connectivity index (χ4n) is 3.03. The molecule has 1 saturated heterocycles. The fourth-order valence-corrected chi connectivity index (χ4v) is 3.57. The third kappa shape index (κ3) is 4.30. The molecule has 0 spiro atoms. The summed E-state index contributed by atoms with van der Waals surface area (Å²) in [5.41, 5.74) is -3.42. The molecule has 154 valence electrons. The Morgan fingerprint density at radius 2 is 1.83 bits per heavy atom. The first-order valence-electron chi connectivity index (χ1n) is 8.73. The largest absolute Gasteiger partial charge is 0.446 e. The van der Waals surface area contributed by atoms with Crippen LogP contribution in [0.1, 0.15) is 5.56 Å². The number of carbonyl (C=O) groups is 2. The number of anilines is 1. The molecular formula is C19H14F3N5O2S. The van der Waals surface area contributed by atoms with Crippen LogP contribution in [-0.4, -0.2) is 43.7 Å². The van der Waals surface area contributed by atoms with Crippen molar-refractivity contribution < 1.29 is 22.8 Å². The zero-order valence-electron chi connectivity index (χ0n) is 15.3. The van der Waals surface area contributed by atoms with Crippen LogP contribution in [0.2, 0.25) is 0 Å². The summed E-state index contributed by atoms with van der Waals surface area (Å²) in [5, 5.41) is 4.11. The fraction of sp³-hybridized carbons (Fsp3) is 0.158. The normalized spacial score (nSPS) is 14.6. The van der Waals surface area contributed by atoms with Crippen molar-refractivity contribution in [1.82, 2.24) is 19.7 Å². The van der Waals surface area contributed by atoms with E-state index in [-0.39, 0.29) is 35.4 Å². The number of pyridine rings is 1. The molecule has 0 aliphatic carbocycles. The first kappa shape index (κ1) is 20.0. The van der Waals surface area contributed by atoms with Gasteiger partial charge in [0.05, 0.1) is 5.69 Å². The van der Waals surface area contributed by atoms with Crippen LogP contribution in [0.4, 0.5) is 23.7 Å². The number of amides is 3. The summed E-state index contributed by atoms with van der Waals surface area (Å²) in [6, 6.07) is 9.84. The molecule has 3 heterocycles. The van der Waals surface area contributed by atoms with E-state index in [1.165, 1.54) is 29.2 Å². The number of aromatic nitrogens is 3. The maximum atomic E-state index is 12.8. The SMILES string of the molecule is O=C1CN(Cc2ccnc(-n3cccn3)c2)C(=O)N1c1ccc(SC(F)(F)F)cc1. The second-order valence-corrected chi connectivity index (χ2v) is 7.52. The Balaban J connectivity index is 1.49. The molecule has 0 radical (unpaired) electrons. The van der Waals surface area contributed by atoms with E-state index in [9.17, 15) is 22.8 Å². The van der Waals surface area contributed by atoms with Gasteiger partial charge in [-0.3, -0.25) is 4.79 Å². The lowest BCUT2D eigenvalue weighted by Gasteiger charge is -2.18. The number of urea groups is 1. The highest BCUT2D eigenvalue weighted by Crippen LogP contribution is 2.37. The molecule has 3 amide bonds. The first-order valence-corrected chi connectivity index (χ1v) is 9.54. The third-order valence-corrected chi connectivity index (χ3v) is 5.03. The number of hydrogen-bond acceptors (Lipinski definition) is 5. The van der Waals surface area contributed by atoms with E-state index in [0.29, 0.717) is 5.82 Å². The Bertz CT molecular complexity index is 1070. The predicted octanol–water partition coefficient (Wildman–Crippen LogP) is 3.85. The average molecular weight is 433 g/mol. The van der Waals surface area contributed by atoms with Crippen molar-refractivity contribution >= 4 is 29.4 Å². The summed E-state index contributed by atoms with van der Waals surface area (Å²) >= 11 is -0.256. The lowest BCUT2D eigenvalue weighted by atomic mass is 10.2. The Morgan fingerprint density at radius 3 is 2.50 bits per heavy atom. The van der Waals surface area contributed by atoms with Gasteiger partial charge in [0.2, 0.25) is 0 Å². The lowest BCUT2D eigenvalue weighted by molar-refractivity contribution is -0.116. The standard InChI is InChI=1S/C19H14F3N5O2S/c20-19(21,22)30-15-4-2-14(3-5-15)27-17(28)12-25(18(27)29)11-13-6-8-23-16(10-13)26-9-1-7-24-26/h1-10H,11-12H2. The van der Waals surface area contributed by atoms with E-state index >= 15 is 0 Å². The molecule has 30 heavy (non-hydrogen) atoms. The van der Waals surface area contributed by atoms with Gasteiger partial charge in [0, 0.05) is 30.0 Å². The van der Waals surface area contributed by atoms with Gasteiger partial charge < -0.3 is 4.90 Å².